The SMILES string of the molecule is Cl.O=C(CC1COCCN1)Nc1cccc(C(F)F)c1. The van der Waals surface area contributed by atoms with Crippen molar-refractivity contribution in [2.75, 3.05) is 25.1 Å². The van der Waals surface area contributed by atoms with Crippen molar-refractivity contribution < 1.29 is 18.3 Å². The van der Waals surface area contributed by atoms with E-state index in [9.17, 15) is 13.6 Å². The van der Waals surface area contributed by atoms with Gasteiger partial charge in [0.25, 0.3) is 6.43 Å². The van der Waals surface area contributed by atoms with Gasteiger partial charge in [-0.3, -0.25) is 4.79 Å². The summed E-state index contributed by atoms with van der Waals surface area (Å²) < 4.78 is 30.3. The predicted octanol–water partition coefficient (Wildman–Crippen LogP) is 2.36. The second kappa shape index (κ2) is 8.14. The number of benzene rings is 1. The molecule has 0 spiro atoms. The van der Waals surface area contributed by atoms with Crippen LogP contribution in [-0.2, 0) is 9.53 Å². The third kappa shape index (κ3) is 5.03. The summed E-state index contributed by atoms with van der Waals surface area (Å²) in [7, 11) is 0. The number of amides is 1. The topological polar surface area (TPSA) is 50.4 Å². The van der Waals surface area contributed by atoms with Crippen LogP contribution in [0.3, 0.4) is 0 Å². The number of anilines is 1. The average Bonchev–Trinajstić information content (AvgIpc) is 2.40. The number of halogens is 3. The normalized spacial score (nSPS) is 18.4. The highest BCUT2D eigenvalue weighted by atomic mass is 35.5. The predicted molar refractivity (Wildman–Crippen MR) is 74.5 cm³/mol. The van der Waals surface area contributed by atoms with Gasteiger partial charge in [-0.1, -0.05) is 12.1 Å². The molecule has 1 aliphatic rings. The van der Waals surface area contributed by atoms with E-state index in [1.165, 1.54) is 18.2 Å². The fourth-order valence-electron chi connectivity index (χ4n) is 1.94. The maximum absolute atomic E-state index is 12.5. The largest absolute Gasteiger partial charge is 0.378 e. The molecule has 1 aliphatic heterocycles. The van der Waals surface area contributed by atoms with Crippen LogP contribution in [0.25, 0.3) is 0 Å². The van der Waals surface area contributed by atoms with Crippen LogP contribution in [0.5, 0.6) is 0 Å². The molecule has 2 N–H and O–H groups in total. The van der Waals surface area contributed by atoms with Crippen LogP contribution < -0.4 is 10.6 Å². The maximum Gasteiger partial charge on any atom is 0.263 e. The standard InChI is InChI=1S/C13H16F2N2O2.ClH/c14-13(15)9-2-1-3-10(6-9)17-12(18)7-11-8-19-5-4-16-11;/h1-3,6,11,13,16H,4-5,7-8H2,(H,17,18);1H. The van der Waals surface area contributed by atoms with E-state index in [0.717, 1.165) is 6.54 Å². The molecule has 1 atom stereocenters. The Kier molecular flexibility index (Phi) is 6.84. The van der Waals surface area contributed by atoms with Crippen LogP contribution in [-0.4, -0.2) is 31.7 Å². The number of nitrogens with one attached hydrogen (secondary N) is 2. The van der Waals surface area contributed by atoms with Crippen molar-refractivity contribution in [3.8, 4) is 0 Å². The summed E-state index contributed by atoms with van der Waals surface area (Å²) in [6, 6.07) is 5.68. The van der Waals surface area contributed by atoms with Gasteiger partial charge in [-0.05, 0) is 12.1 Å². The van der Waals surface area contributed by atoms with Crippen molar-refractivity contribution in [2.24, 2.45) is 0 Å². The fraction of sp³-hybridized carbons (Fsp3) is 0.462. The van der Waals surface area contributed by atoms with E-state index in [0.29, 0.717) is 18.9 Å². The zero-order valence-corrected chi connectivity index (χ0v) is 11.6. The minimum Gasteiger partial charge on any atom is -0.378 e. The third-order valence-corrected chi connectivity index (χ3v) is 2.85. The smallest absolute Gasteiger partial charge is 0.263 e. The van der Waals surface area contributed by atoms with Gasteiger partial charge < -0.3 is 15.4 Å². The zero-order chi connectivity index (χ0) is 13.7. The lowest BCUT2D eigenvalue weighted by Gasteiger charge is -2.23. The van der Waals surface area contributed by atoms with Crippen LogP contribution in [0.2, 0.25) is 0 Å². The lowest BCUT2D eigenvalue weighted by atomic mass is 10.1. The fourth-order valence-corrected chi connectivity index (χ4v) is 1.94. The molecule has 7 heteroatoms. The Bertz CT molecular complexity index is 440. The Hall–Kier alpha value is -1.24. The number of alkyl halides is 2. The van der Waals surface area contributed by atoms with Crippen molar-refractivity contribution >= 4 is 24.0 Å². The van der Waals surface area contributed by atoms with E-state index in [1.807, 2.05) is 0 Å². The van der Waals surface area contributed by atoms with Crippen LogP contribution in [0.4, 0.5) is 14.5 Å². The summed E-state index contributed by atoms with van der Waals surface area (Å²) in [5, 5.41) is 5.78. The van der Waals surface area contributed by atoms with Gasteiger partial charge in [0.05, 0.1) is 13.2 Å². The summed E-state index contributed by atoms with van der Waals surface area (Å²) in [5.74, 6) is -0.214. The van der Waals surface area contributed by atoms with Gasteiger partial charge in [-0.25, -0.2) is 8.78 Å². The van der Waals surface area contributed by atoms with Crippen molar-refractivity contribution in [3.05, 3.63) is 29.8 Å². The Morgan fingerprint density at radius 2 is 2.30 bits per heavy atom. The van der Waals surface area contributed by atoms with E-state index < -0.39 is 6.43 Å². The zero-order valence-electron chi connectivity index (χ0n) is 10.8. The number of rotatable bonds is 4. The van der Waals surface area contributed by atoms with E-state index in [4.69, 9.17) is 4.74 Å². The van der Waals surface area contributed by atoms with Gasteiger partial charge >= 0.3 is 0 Å². The monoisotopic (exact) mass is 306 g/mol. The second-order valence-electron chi connectivity index (χ2n) is 4.40. The van der Waals surface area contributed by atoms with Gasteiger partial charge in [0.1, 0.15) is 0 Å². The van der Waals surface area contributed by atoms with E-state index in [-0.39, 0.29) is 36.3 Å². The molecule has 1 unspecified atom stereocenters. The van der Waals surface area contributed by atoms with Crippen LogP contribution in [0, 0.1) is 0 Å². The first-order valence-electron chi connectivity index (χ1n) is 6.14. The first-order chi connectivity index (χ1) is 9.15. The Morgan fingerprint density at radius 1 is 1.50 bits per heavy atom. The molecule has 1 fully saturated rings. The number of hydrogen-bond acceptors (Lipinski definition) is 3. The summed E-state index contributed by atoms with van der Waals surface area (Å²) in [6.45, 7) is 1.86. The molecule has 0 aromatic heterocycles. The highest BCUT2D eigenvalue weighted by molar-refractivity contribution is 5.91. The summed E-state index contributed by atoms with van der Waals surface area (Å²) in [5.41, 5.74) is 0.288. The van der Waals surface area contributed by atoms with Crippen LogP contribution >= 0.6 is 12.4 Å². The Morgan fingerprint density at radius 3 is 2.95 bits per heavy atom. The molecule has 0 saturated carbocycles. The van der Waals surface area contributed by atoms with Crippen LogP contribution in [0.15, 0.2) is 24.3 Å². The minimum absolute atomic E-state index is 0. The van der Waals surface area contributed by atoms with Crippen molar-refractivity contribution in [1.82, 2.24) is 5.32 Å². The van der Waals surface area contributed by atoms with Gasteiger partial charge in [-0.2, -0.15) is 0 Å². The molecule has 4 nitrogen and oxygen atoms in total. The molecule has 20 heavy (non-hydrogen) atoms. The first kappa shape index (κ1) is 16.8. The molecule has 1 amide bonds. The lowest BCUT2D eigenvalue weighted by Crippen LogP contribution is -2.43. The quantitative estimate of drug-likeness (QED) is 0.898. The molecule has 0 aliphatic carbocycles. The number of ether oxygens (including phenoxy) is 1. The number of carbonyl (C=O) groups is 1. The number of hydrogen-bond donors (Lipinski definition) is 2. The maximum atomic E-state index is 12.5. The highest BCUT2D eigenvalue weighted by Gasteiger charge is 2.17. The minimum atomic E-state index is -2.54. The van der Waals surface area contributed by atoms with Gasteiger partial charge in [0.2, 0.25) is 5.91 Å². The number of carbonyl (C=O) groups excluding carboxylic acids is 1. The van der Waals surface area contributed by atoms with Crippen molar-refractivity contribution in [1.29, 1.82) is 0 Å². The molecule has 1 heterocycles. The summed E-state index contributed by atoms with van der Waals surface area (Å²) in [4.78, 5) is 11.8. The van der Waals surface area contributed by atoms with Gasteiger partial charge in [0, 0.05) is 30.3 Å². The highest BCUT2D eigenvalue weighted by Crippen LogP contribution is 2.21. The molecule has 1 saturated heterocycles. The second-order valence-corrected chi connectivity index (χ2v) is 4.40. The molecule has 0 radical (unpaired) electrons. The molecular weight excluding hydrogens is 290 g/mol. The van der Waals surface area contributed by atoms with E-state index in [2.05, 4.69) is 10.6 Å². The summed E-state index contributed by atoms with van der Waals surface area (Å²) >= 11 is 0. The van der Waals surface area contributed by atoms with Crippen molar-refractivity contribution in [2.45, 2.75) is 18.9 Å². The molecule has 1 aromatic carbocycles. The molecule has 2 rings (SSSR count). The third-order valence-electron chi connectivity index (χ3n) is 2.85. The van der Waals surface area contributed by atoms with Crippen molar-refractivity contribution in [3.63, 3.8) is 0 Å². The van der Waals surface area contributed by atoms with E-state index >= 15 is 0 Å². The van der Waals surface area contributed by atoms with Crippen LogP contribution in [0.1, 0.15) is 18.4 Å². The molecule has 1 aromatic rings. The van der Waals surface area contributed by atoms with E-state index in [1.54, 1.807) is 6.07 Å². The van der Waals surface area contributed by atoms with Gasteiger partial charge in [0.15, 0.2) is 0 Å². The van der Waals surface area contributed by atoms with Gasteiger partial charge in [-0.15, -0.1) is 12.4 Å². The average molecular weight is 307 g/mol. The lowest BCUT2D eigenvalue weighted by molar-refractivity contribution is -0.117. The summed E-state index contributed by atoms with van der Waals surface area (Å²) in [6.07, 6.45) is -2.27. The molecular formula is C13H17ClF2N2O2. The number of morpholine rings is 1. The Labute approximate surface area is 122 Å². The molecule has 0 bridgehead atoms. The Balaban J connectivity index is 0.00000200. The molecule has 112 valence electrons. The first-order valence-corrected chi connectivity index (χ1v) is 6.14.